The molecule has 0 saturated carbocycles. The van der Waals surface area contributed by atoms with Crippen LogP contribution in [-0.2, 0) is 4.79 Å². The number of nitrogens with one attached hydrogen (secondary N) is 1. The Kier molecular flexibility index (Phi) is 3.65. The molecule has 16 heavy (non-hydrogen) atoms. The maximum Gasteiger partial charge on any atom is 0.239 e. The van der Waals surface area contributed by atoms with Crippen molar-refractivity contribution in [2.45, 2.75) is 32.4 Å². The molecule has 1 unspecified atom stereocenters. The van der Waals surface area contributed by atoms with Crippen LogP contribution in [0.3, 0.4) is 0 Å². The van der Waals surface area contributed by atoms with Crippen LogP contribution in [0.5, 0.6) is 0 Å². The maximum atomic E-state index is 13.4. The van der Waals surface area contributed by atoms with Crippen molar-refractivity contribution < 1.29 is 9.18 Å². The number of nitrogens with two attached hydrogens (primary N) is 1. The van der Waals surface area contributed by atoms with Gasteiger partial charge < -0.3 is 11.1 Å². The highest BCUT2D eigenvalue weighted by Gasteiger charge is 2.24. The van der Waals surface area contributed by atoms with Crippen molar-refractivity contribution >= 4 is 5.91 Å². The third-order valence-corrected chi connectivity index (χ3v) is 2.30. The molecule has 0 aliphatic heterocycles. The van der Waals surface area contributed by atoms with Gasteiger partial charge in [-0.3, -0.25) is 4.79 Å². The first kappa shape index (κ1) is 12.6. The minimum absolute atomic E-state index is 0.303. The third kappa shape index (κ3) is 3.03. The predicted octanol–water partition coefficient (Wildman–Crippen LogP) is 1.74. The van der Waals surface area contributed by atoms with E-state index in [1.165, 1.54) is 6.07 Å². The van der Waals surface area contributed by atoms with Crippen LogP contribution < -0.4 is 11.1 Å². The summed E-state index contributed by atoms with van der Waals surface area (Å²) in [5.74, 6) is -0.631. The summed E-state index contributed by atoms with van der Waals surface area (Å²) in [5, 5.41) is 2.67. The van der Waals surface area contributed by atoms with Crippen LogP contribution in [0.1, 0.15) is 32.4 Å². The van der Waals surface area contributed by atoms with Gasteiger partial charge in [0.05, 0.1) is 11.6 Å². The summed E-state index contributed by atoms with van der Waals surface area (Å²) in [6.07, 6.45) is 0. The minimum Gasteiger partial charge on any atom is -0.348 e. The molecule has 1 amide bonds. The first-order valence-electron chi connectivity index (χ1n) is 5.16. The van der Waals surface area contributed by atoms with Crippen molar-refractivity contribution in [3.8, 4) is 0 Å². The molecular formula is C12H17FN2O. The highest BCUT2D eigenvalue weighted by atomic mass is 19.1. The summed E-state index contributed by atoms with van der Waals surface area (Å²) in [4.78, 5) is 11.6. The van der Waals surface area contributed by atoms with Gasteiger partial charge in [-0.2, -0.15) is 0 Å². The smallest absolute Gasteiger partial charge is 0.239 e. The van der Waals surface area contributed by atoms with Gasteiger partial charge in [0, 0.05) is 5.56 Å². The monoisotopic (exact) mass is 224 g/mol. The van der Waals surface area contributed by atoms with E-state index in [0.29, 0.717) is 5.56 Å². The highest BCUT2D eigenvalue weighted by molar-refractivity contribution is 5.85. The van der Waals surface area contributed by atoms with Crippen molar-refractivity contribution in [3.05, 3.63) is 35.6 Å². The lowest BCUT2D eigenvalue weighted by Gasteiger charge is -2.22. The Morgan fingerprint density at radius 1 is 1.44 bits per heavy atom. The molecule has 88 valence electrons. The second kappa shape index (κ2) is 4.61. The molecule has 0 saturated heterocycles. The zero-order chi connectivity index (χ0) is 12.3. The number of carbonyl (C=O) groups is 1. The zero-order valence-corrected chi connectivity index (χ0v) is 9.75. The Balaban J connectivity index is 2.78. The van der Waals surface area contributed by atoms with Gasteiger partial charge in [0.25, 0.3) is 0 Å². The van der Waals surface area contributed by atoms with Gasteiger partial charge in [0.15, 0.2) is 0 Å². The largest absolute Gasteiger partial charge is 0.348 e. The van der Waals surface area contributed by atoms with Crippen LogP contribution in [0.15, 0.2) is 24.3 Å². The molecule has 0 bridgehead atoms. The van der Waals surface area contributed by atoms with E-state index in [0.717, 1.165) is 0 Å². The van der Waals surface area contributed by atoms with Crippen LogP contribution in [0.4, 0.5) is 4.39 Å². The number of benzene rings is 1. The van der Waals surface area contributed by atoms with Gasteiger partial charge in [-0.05, 0) is 26.8 Å². The van der Waals surface area contributed by atoms with E-state index in [4.69, 9.17) is 5.73 Å². The van der Waals surface area contributed by atoms with E-state index < -0.39 is 11.6 Å². The van der Waals surface area contributed by atoms with Crippen molar-refractivity contribution in [2.24, 2.45) is 5.73 Å². The first-order chi connectivity index (χ1) is 7.32. The molecule has 0 aliphatic carbocycles. The Morgan fingerprint density at radius 2 is 2.00 bits per heavy atom. The molecule has 1 rings (SSSR count). The number of halogens is 1. The van der Waals surface area contributed by atoms with Gasteiger partial charge >= 0.3 is 0 Å². The molecule has 0 radical (unpaired) electrons. The quantitative estimate of drug-likeness (QED) is 0.821. The molecule has 0 aromatic heterocycles. The third-order valence-electron chi connectivity index (χ3n) is 2.30. The minimum atomic E-state index is -0.959. The fourth-order valence-corrected chi connectivity index (χ4v) is 1.29. The summed E-state index contributed by atoms with van der Waals surface area (Å²) in [5.41, 5.74) is 5.14. The number of rotatable bonds is 3. The molecule has 1 aromatic carbocycles. The van der Waals surface area contributed by atoms with E-state index in [1.807, 2.05) is 0 Å². The summed E-state index contributed by atoms with van der Waals surface area (Å²) < 4.78 is 13.4. The topological polar surface area (TPSA) is 55.1 Å². The summed E-state index contributed by atoms with van der Waals surface area (Å²) >= 11 is 0. The van der Waals surface area contributed by atoms with Gasteiger partial charge in [-0.15, -0.1) is 0 Å². The van der Waals surface area contributed by atoms with Gasteiger partial charge in [0.2, 0.25) is 5.91 Å². The summed E-state index contributed by atoms with van der Waals surface area (Å²) in [6.45, 7) is 4.94. The van der Waals surface area contributed by atoms with Gasteiger partial charge in [-0.1, -0.05) is 18.2 Å². The molecule has 0 fully saturated rings. The van der Waals surface area contributed by atoms with Crippen molar-refractivity contribution in [1.29, 1.82) is 0 Å². The predicted molar refractivity (Wildman–Crippen MR) is 61.2 cm³/mol. The molecule has 4 heteroatoms. The van der Waals surface area contributed by atoms with Crippen LogP contribution >= 0.6 is 0 Å². The number of hydrogen-bond acceptors (Lipinski definition) is 2. The van der Waals surface area contributed by atoms with Crippen molar-refractivity contribution in [2.75, 3.05) is 0 Å². The fraction of sp³-hybridized carbons (Fsp3) is 0.417. The Bertz CT molecular complexity index is 385. The molecule has 0 spiro atoms. The first-order valence-corrected chi connectivity index (χ1v) is 5.16. The van der Waals surface area contributed by atoms with E-state index in [1.54, 1.807) is 39.0 Å². The molecule has 0 aliphatic rings. The molecule has 1 atom stereocenters. The van der Waals surface area contributed by atoms with Gasteiger partial charge in [0.1, 0.15) is 5.82 Å². The van der Waals surface area contributed by atoms with Crippen LogP contribution in [0.25, 0.3) is 0 Å². The Morgan fingerprint density at radius 3 is 2.50 bits per heavy atom. The fourth-order valence-electron chi connectivity index (χ4n) is 1.29. The molecule has 0 heterocycles. The van der Waals surface area contributed by atoms with E-state index >= 15 is 0 Å². The van der Waals surface area contributed by atoms with E-state index in [-0.39, 0.29) is 11.7 Å². The lowest BCUT2D eigenvalue weighted by molar-refractivity contribution is -0.125. The second-order valence-corrected chi connectivity index (χ2v) is 4.44. The Hall–Kier alpha value is -1.42. The van der Waals surface area contributed by atoms with Gasteiger partial charge in [-0.25, -0.2) is 4.39 Å². The van der Waals surface area contributed by atoms with E-state index in [2.05, 4.69) is 5.32 Å². The SMILES string of the molecule is CC(NC(=O)C(C)(C)N)c1ccccc1F. The molecule has 1 aromatic rings. The zero-order valence-electron chi connectivity index (χ0n) is 9.75. The normalized spacial score (nSPS) is 13.3. The number of carbonyl (C=O) groups excluding carboxylic acids is 1. The lowest BCUT2D eigenvalue weighted by atomic mass is 10.0. The van der Waals surface area contributed by atoms with Crippen LogP contribution in [0.2, 0.25) is 0 Å². The maximum absolute atomic E-state index is 13.4. The Labute approximate surface area is 94.8 Å². The van der Waals surface area contributed by atoms with Crippen molar-refractivity contribution in [3.63, 3.8) is 0 Å². The van der Waals surface area contributed by atoms with Crippen LogP contribution in [0, 0.1) is 5.82 Å². The molecular weight excluding hydrogens is 207 g/mol. The average molecular weight is 224 g/mol. The second-order valence-electron chi connectivity index (χ2n) is 4.44. The van der Waals surface area contributed by atoms with E-state index in [9.17, 15) is 9.18 Å². The molecule has 3 N–H and O–H groups in total. The lowest BCUT2D eigenvalue weighted by Crippen LogP contribution is -2.49. The van der Waals surface area contributed by atoms with Crippen LogP contribution in [-0.4, -0.2) is 11.4 Å². The highest BCUT2D eigenvalue weighted by Crippen LogP contribution is 2.16. The standard InChI is InChI=1S/C12H17FN2O/c1-8(15-11(16)12(2,3)14)9-6-4-5-7-10(9)13/h4-8H,14H2,1-3H3,(H,15,16). The average Bonchev–Trinajstić information content (AvgIpc) is 2.16. The summed E-state index contributed by atoms with van der Waals surface area (Å²) in [7, 11) is 0. The summed E-state index contributed by atoms with van der Waals surface area (Å²) in [6, 6.07) is 5.96. The van der Waals surface area contributed by atoms with Crippen molar-refractivity contribution in [1.82, 2.24) is 5.32 Å². The molecule has 3 nitrogen and oxygen atoms in total. The number of amides is 1. The number of hydrogen-bond donors (Lipinski definition) is 2.